The Morgan fingerprint density at radius 2 is 2.25 bits per heavy atom. The molecule has 1 aromatic carbocycles. The lowest BCUT2D eigenvalue weighted by Gasteiger charge is -2.03. The summed E-state index contributed by atoms with van der Waals surface area (Å²) in [6.45, 7) is 0. The van der Waals surface area contributed by atoms with E-state index in [4.69, 9.17) is 17.3 Å². The first-order chi connectivity index (χ1) is 5.66. The van der Waals surface area contributed by atoms with Crippen LogP contribution in [0.15, 0.2) is 22.7 Å². The Kier molecular flexibility index (Phi) is 3.12. The number of ketones is 1. The van der Waals surface area contributed by atoms with Gasteiger partial charge in [-0.15, -0.1) is 11.6 Å². The Hall–Kier alpha value is -0.540. The number of benzene rings is 1. The number of nitrogen functional groups attached to an aromatic ring is 1. The number of rotatable bonds is 2. The Bertz CT molecular complexity index is 294. The molecule has 0 saturated carbocycles. The molecular formula is C8H7BrClNO. The van der Waals surface area contributed by atoms with Crippen LogP contribution in [0.25, 0.3) is 0 Å². The number of alkyl halides is 1. The van der Waals surface area contributed by atoms with E-state index in [2.05, 4.69) is 15.9 Å². The molecule has 2 N–H and O–H groups in total. The fourth-order valence-corrected chi connectivity index (χ4v) is 1.64. The number of hydrogen-bond donors (Lipinski definition) is 1. The van der Waals surface area contributed by atoms with Crippen LogP contribution in [0.5, 0.6) is 0 Å². The van der Waals surface area contributed by atoms with Gasteiger partial charge in [0.05, 0.1) is 11.4 Å². The van der Waals surface area contributed by atoms with Crippen LogP contribution in [-0.4, -0.2) is 11.7 Å². The quantitative estimate of drug-likeness (QED) is 0.496. The highest BCUT2D eigenvalue weighted by Crippen LogP contribution is 2.23. The second kappa shape index (κ2) is 3.92. The van der Waals surface area contributed by atoms with Gasteiger partial charge >= 0.3 is 0 Å². The Morgan fingerprint density at radius 3 is 2.75 bits per heavy atom. The summed E-state index contributed by atoms with van der Waals surface area (Å²) in [6, 6.07) is 5.20. The molecule has 0 spiro atoms. The first kappa shape index (κ1) is 9.55. The predicted octanol–water partition coefficient (Wildman–Crippen LogP) is 2.45. The number of carbonyl (C=O) groups excluding carboxylic acids is 1. The van der Waals surface area contributed by atoms with Crippen molar-refractivity contribution < 1.29 is 4.79 Å². The van der Waals surface area contributed by atoms with E-state index in [9.17, 15) is 4.79 Å². The molecule has 0 unspecified atom stereocenters. The summed E-state index contributed by atoms with van der Waals surface area (Å²) in [5.41, 5.74) is 6.51. The molecule has 0 radical (unpaired) electrons. The lowest BCUT2D eigenvalue weighted by molar-refractivity contribution is 0.102. The smallest absolute Gasteiger partial charge is 0.180 e. The second-order valence-electron chi connectivity index (χ2n) is 2.26. The maximum absolute atomic E-state index is 11.2. The summed E-state index contributed by atoms with van der Waals surface area (Å²) in [4.78, 5) is 11.2. The fourth-order valence-electron chi connectivity index (χ4n) is 0.902. The molecule has 4 heteroatoms. The molecule has 0 aromatic heterocycles. The van der Waals surface area contributed by atoms with Gasteiger partial charge in [0, 0.05) is 10.2 Å². The van der Waals surface area contributed by atoms with E-state index in [1.165, 1.54) is 0 Å². The van der Waals surface area contributed by atoms with E-state index in [0.717, 1.165) is 0 Å². The maximum atomic E-state index is 11.2. The number of hydrogen-bond acceptors (Lipinski definition) is 2. The minimum Gasteiger partial charge on any atom is -0.398 e. The average Bonchev–Trinajstić information content (AvgIpc) is 2.03. The molecule has 2 nitrogen and oxygen atoms in total. The summed E-state index contributed by atoms with van der Waals surface area (Å²) < 4.78 is 0.688. The molecule has 0 bridgehead atoms. The molecule has 0 aliphatic carbocycles. The van der Waals surface area contributed by atoms with Gasteiger partial charge in [-0.3, -0.25) is 4.79 Å². The highest BCUT2D eigenvalue weighted by atomic mass is 79.9. The van der Waals surface area contributed by atoms with Crippen LogP contribution in [0, 0.1) is 0 Å². The van der Waals surface area contributed by atoms with Crippen molar-refractivity contribution >= 4 is 39.0 Å². The monoisotopic (exact) mass is 247 g/mol. The first-order valence-electron chi connectivity index (χ1n) is 3.30. The van der Waals surface area contributed by atoms with Crippen molar-refractivity contribution in [2.45, 2.75) is 0 Å². The normalized spacial score (nSPS) is 9.83. The molecule has 0 amide bonds. The van der Waals surface area contributed by atoms with Crippen LogP contribution in [0.2, 0.25) is 0 Å². The Balaban J connectivity index is 3.21. The van der Waals surface area contributed by atoms with Gasteiger partial charge in [-0.2, -0.15) is 0 Å². The van der Waals surface area contributed by atoms with Gasteiger partial charge in [0.25, 0.3) is 0 Å². The van der Waals surface area contributed by atoms with E-state index >= 15 is 0 Å². The molecule has 1 aromatic rings. The zero-order valence-corrected chi connectivity index (χ0v) is 8.52. The van der Waals surface area contributed by atoms with Crippen molar-refractivity contribution in [2.24, 2.45) is 0 Å². The topological polar surface area (TPSA) is 43.1 Å². The minimum atomic E-state index is -0.165. The summed E-state index contributed by atoms with van der Waals surface area (Å²) >= 11 is 8.63. The van der Waals surface area contributed by atoms with Crippen LogP contribution >= 0.6 is 27.5 Å². The highest BCUT2D eigenvalue weighted by molar-refractivity contribution is 9.10. The van der Waals surface area contributed by atoms with Gasteiger partial charge in [-0.25, -0.2) is 0 Å². The summed E-state index contributed by atoms with van der Waals surface area (Å²) in [5.74, 6) is -0.214. The third-order valence-electron chi connectivity index (χ3n) is 1.45. The number of anilines is 1. The van der Waals surface area contributed by atoms with Crippen LogP contribution < -0.4 is 5.73 Å². The largest absolute Gasteiger partial charge is 0.398 e. The second-order valence-corrected chi connectivity index (χ2v) is 3.38. The van der Waals surface area contributed by atoms with Crippen molar-refractivity contribution in [2.75, 3.05) is 11.6 Å². The van der Waals surface area contributed by atoms with Gasteiger partial charge in [-0.1, -0.05) is 6.07 Å². The molecule has 64 valence electrons. The fraction of sp³-hybridized carbons (Fsp3) is 0.125. The maximum Gasteiger partial charge on any atom is 0.180 e. The van der Waals surface area contributed by atoms with E-state index in [0.29, 0.717) is 15.7 Å². The molecule has 0 saturated heterocycles. The lowest BCUT2D eigenvalue weighted by atomic mass is 10.1. The molecule has 1 rings (SSSR count). The lowest BCUT2D eigenvalue weighted by Crippen LogP contribution is -2.05. The third-order valence-corrected chi connectivity index (χ3v) is 2.35. The number of Topliss-reactive ketones (excluding diaryl/α,β-unsaturated/α-hetero) is 1. The van der Waals surface area contributed by atoms with E-state index in [-0.39, 0.29) is 11.7 Å². The zero-order chi connectivity index (χ0) is 9.14. The van der Waals surface area contributed by atoms with Crippen molar-refractivity contribution in [3.05, 3.63) is 28.2 Å². The van der Waals surface area contributed by atoms with Gasteiger partial charge in [0.2, 0.25) is 0 Å². The van der Waals surface area contributed by atoms with Crippen LogP contribution in [-0.2, 0) is 0 Å². The van der Waals surface area contributed by atoms with Crippen LogP contribution in [0.1, 0.15) is 10.4 Å². The van der Waals surface area contributed by atoms with E-state index < -0.39 is 0 Å². The van der Waals surface area contributed by atoms with Gasteiger partial charge < -0.3 is 5.73 Å². The van der Waals surface area contributed by atoms with Crippen molar-refractivity contribution in [1.82, 2.24) is 0 Å². The number of halogens is 2. The molecule has 0 aliphatic rings. The number of nitrogens with two attached hydrogens (primary N) is 1. The van der Waals surface area contributed by atoms with Gasteiger partial charge in [-0.05, 0) is 28.1 Å². The van der Waals surface area contributed by atoms with Crippen molar-refractivity contribution in [3.63, 3.8) is 0 Å². The molecule has 0 fully saturated rings. The van der Waals surface area contributed by atoms with Crippen molar-refractivity contribution in [1.29, 1.82) is 0 Å². The van der Waals surface area contributed by atoms with Crippen LogP contribution in [0.4, 0.5) is 5.69 Å². The van der Waals surface area contributed by atoms with Crippen LogP contribution in [0.3, 0.4) is 0 Å². The zero-order valence-electron chi connectivity index (χ0n) is 6.18. The Labute approximate surface area is 83.8 Å². The molecule has 12 heavy (non-hydrogen) atoms. The summed E-state index contributed by atoms with van der Waals surface area (Å²) in [5, 5.41) is 0. The first-order valence-corrected chi connectivity index (χ1v) is 4.62. The minimum absolute atomic E-state index is 0.0488. The SMILES string of the molecule is Nc1cccc(Br)c1C(=O)CCl. The molecular weight excluding hydrogens is 241 g/mol. The van der Waals surface area contributed by atoms with Gasteiger partial charge in [0.1, 0.15) is 0 Å². The Morgan fingerprint density at radius 1 is 1.58 bits per heavy atom. The summed E-state index contributed by atoms with van der Waals surface area (Å²) in [6.07, 6.45) is 0. The summed E-state index contributed by atoms with van der Waals surface area (Å²) in [7, 11) is 0. The molecule has 0 atom stereocenters. The number of carbonyl (C=O) groups is 1. The third kappa shape index (κ3) is 1.79. The van der Waals surface area contributed by atoms with E-state index in [1.54, 1.807) is 18.2 Å². The molecule has 0 aliphatic heterocycles. The van der Waals surface area contributed by atoms with Crippen molar-refractivity contribution in [3.8, 4) is 0 Å². The average molecular weight is 249 g/mol. The predicted molar refractivity (Wildman–Crippen MR) is 53.6 cm³/mol. The standard InChI is InChI=1S/C8H7BrClNO/c9-5-2-1-3-6(11)8(5)7(12)4-10/h1-3H,4,11H2. The highest BCUT2D eigenvalue weighted by Gasteiger charge is 2.11. The van der Waals surface area contributed by atoms with E-state index in [1.807, 2.05) is 0 Å². The van der Waals surface area contributed by atoms with Gasteiger partial charge in [0.15, 0.2) is 5.78 Å². The molecule has 0 heterocycles.